The molecule has 2 aliphatic rings. The highest BCUT2D eigenvalue weighted by molar-refractivity contribution is 7.92. The van der Waals surface area contributed by atoms with E-state index in [1.54, 1.807) is 18.2 Å². The Morgan fingerprint density at radius 3 is 2.77 bits per heavy atom. The topological polar surface area (TPSA) is 46.6 Å². The molecule has 114 valence electrons. The summed E-state index contributed by atoms with van der Waals surface area (Å²) < 4.78 is 33.0. The molecule has 2 aromatic rings. The Balaban J connectivity index is 1.76. The van der Waals surface area contributed by atoms with Crippen molar-refractivity contribution in [1.29, 1.82) is 0 Å². The van der Waals surface area contributed by atoms with Gasteiger partial charge in [0.05, 0.1) is 17.2 Å². The molecule has 0 amide bonds. The molecule has 2 aliphatic heterocycles. The van der Waals surface area contributed by atoms with Gasteiger partial charge in [0.25, 0.3) is 10.0 Å². The number of fused-ring (bicyclic) bond motifs is 2. The van der Waals surface area contributed by atoms with Crippen LogP contribution in [0.4, 0.5) is 5.69 Å². The zero-order chi connectivity index (χ0) is 15.2. The van der Waals surface area contributed by atoms with E-state index in [0.717, 1.165) is 41.8 Å². The molecule has 2 aromatic carbocycles. The van der Waals surface area contributed by atoms with Crippen LogP contribution in [0.5, 0.6) is 5.75 Å². The van der Waals surface area contributed by atoms with Crippen molar-refractivity contribution in [2.24, 2.45) is 0 Å². The van der Waals surface area contributed by atoms with Crippen LogP contribution < -0.4 is 9.04 Å². The number of para-hydroxylation sites is 1. The third kappa shape index (κ3) is 2.08. The zero-order valence-corrected chi connectivity index (χ0v) is 13.0. The predicted molar refractivity (Wildman–Crippen MR) is 84.9 cm³/mol. The number of aryl methyl sites for hydroxylation is 1. The van der Waals surface area contributed by atoms with E-state index in [1.807, 2.05) is 24.3 Å². The standard InChI is InChI=1S/C17H17NO3S/c19-22(20,18-10-9-13-4-1-2-6-16(13)18)15-7-8-17-14(12-15)5-3-11-21-17/h1-2,4,6-8,12H,3,5,9-11H2. The third-order valence-electron chi connectivity index (χ3n) is 4.31. The second-order valence-electron chi connectivity index (χ2n) is 5.68. The Morgan fingerprint density at radius 2 is 1.86 bits per heavy atom. The molecule has 0 saturated carbocycles. The van der Waals surface area contributed by atoms with E-state index in [0.29, 0.717) is 18.0 Å². The van der Waals surface area contributed by atoms with E-state index in [2.05, 4.69) is 0 Å². The molecule has 4 nitrogen and oxygen atoms in total. The van der Waals surface area contributed by atoms with Crippen LogP contribution in [0.15, 0.2) is 47.4 Å². The number of hydrogen-bond acceptors (Lipinski definition) is 3. The lowest BCUT2D eigenvalue weighted by atomic mass is 10.1. The summed E-state index contributed by atoms with van der Waals surface area (Å²) >= 11 is 0. The number of nitrogens with zero attached hydrogens (tertiary/aromatic N) is 1. The van der Waals surface area contributed by atoms with Crippen molar-refractivity contribution >= 4 is 15.7 Å². The van der Waals surface area contributed by atoms with Crippen LogP contribution in [-0.4, -0.2) is 21.6 Å². The Bertz CT molecular complexity index is 830. The minimum Gasteiger partial charge on any atom is -0.493 e. The van der Waals surface area contributed by atoms with Gasteiger partial charge >= 0.3 is 0 Å². The van der Waals surface area contributed by atoms with Gasteiger partial charge < -0.3 is 4.74 Å². The maximum atomic E-state index is 13.0. The van der Waals surface area contributed by atoms with E-state index in [4.69, 9.17) is 4.74 Å². The Labute approximate surface area is 130 Å². The molecular formula is C17H17NO3S. The van der Waals surface area contributed by atoms with Gasteiger partial charge in [-0.2, -0.15) is 0 Å². The first-order valence-corrected chi connectivity index (χ1v) is 8.97. The van der Waals surface area contributed by atoms with Crippen LogP contribution in [0.3, 0.4) is 0 Å². The highest BCUT2D eigenvalue weighted by atomic mass is 32.2. The Hall–Kier alpha value is -2.01. The van der Waals surface area contributed by atoms with E-state index in [9.17, 15) is 8.42 Å². The monoisotopic (exact) mass is 315 g/mol. The van der Waals surface area contributed by atoms with E-state index < -0.39 is 10.0 Å². The van der Waals surface area contributed by atoms with E-state index in [1.165, 1.54) is 4.31 Å². The number of hydrogen-bond donors (Lipinski definition) is 0. The summed E-state index contributed by atoms with van der Waals surface area (Å²) in [6.07, 6.45) is 2.57. The number of benzene rings is 2. The van der Waals surface area contributed by atoms with Crippen molar-refractivity contribution < 1.29 is 13.2 Å². The van der Waals surface area contributed by atoms with Crippen molar-refractivity contribution in [3.8, 4) is 5.75 Å². The quantitative estimate of drug-likeness (QED) is 0.856. The van der Waals surface area contributed by atoms with Gasteiger partial charge in [0, 0.05) is 6.54 Å². The Morgan fingerprint density at radius 1 is 1.00 bits per heavy atom. The van der Waals surface area contributed by atoms with Crippen molar-refractivity contribution in [3.05, 3.63) is 53.6 Å². The highest BCUT2D eigenvalue weighted by Gasteiger charge is 2.31. The van der Waals surface area contributed by atoms with Crippen LogP contribution in [0.2, 0.25) is 0 Å². The van der Waals surface area contributed by atoms with E-state index in [-0.39, 0.29) is 0 Å². The summed E-state index contributed by atoms with van der Waals surface area (Å²) in [4.78, 5) is 0.355. The van der Waals surface area contributed by atoms with Crippen LogP contribution in [0.1, 0.15) is 17.5 Å². The van der Waals surface area contributed by atoms with Crippen molar-refractivity contribution in [3.63, 3.8) is 0 Å². The first-order chi connectivity index (χ1) is 10.7. The normalized spacial score (nSPS) is 16.8. The molecule has 0 saturated heterocycles. The fourth-order valence-corrected chi connectivity index (χ4v) is 4.74. The average molecular weight is 315 g/mol. The lowest BCUT2D eigenvalue weighted by Crippen LogP contribution is -2.29. The summed E-state index contributed by atoms with van der Waals surface area (Å²) in [6.45, 7) is 1.22. The van der Waals surface area contributed by atoms with Gasteiger partial charge in [-0.25, -0.2) is 8.42 Å². The van der Waals surface area contributed by atoms with Crippen LogP contribution in [0, 0.1) is 0 Å². The van der Waals surface area contributed by atoms with Crippen LogP contribution in [0.25, 0.3) is 0 Å². The lowest BCUT2D eigenvalue weighted by molar-refractivity contribution is 0.288. The maximum absolute atomic E-state index is 13.0. The first-order valence-electron chi connectivity index (χ1n) is 7.53. The molecule has 0 bridgehead atoms. The van der Waals surface area contributed by atoms with Crippen molar-refractivity contribution in [2.75, 3.05) is 17.5 Å². The molecule has 0 radical (unpaired) electrons. The predicted octanol–water partition coefficient (Wildman–Crippen LogP) is 2.76. The molecule has 0 aliphatic carbocycles. The molecule has 0 atom stereocenters. The molecular weight excluding hydrogens is 298 g/mol. The first kappa shape index (κ1) is 13.6. The number of ether oxygens (including phenoxy) is 1. The second kappa shape index (κ2) is 5.02. The van der Waals surface area contributed by atoms with Gasteiger partial charge in [0.2, 0.25) is 0 Å². The van der Waals surface area contributed by atoms with Gasteiger partial charge in [0.15, 0.2) is 0 Å². The molecule has 0 spiro atoms. The van der Waals surface area contributed by atoms with Crippen molar-refractivity contribution in [2.45, 2.75) is 24.2 Å². The number of rotatable bonds is 2. The third-order valence-corrected chi connectivity index (χ3v) is 6.12. The fraction of sp³-hybridized carbons (Fsp3) is 0.294. The number of sulfonamides is 1. The van der Waals surface area contributed by atoms with Crippen LogP contribution >= 0.6 is 0 Å². The molecule has 5 heteroatoms. The number of anilines is 1. The van der Waals surface area contributed by atoms with Crippen LogP contribution in [-0.2, 0) is 22.9 Å². The molecule has 0 unspecified atom stereocenters. The van der Waals surface area contributed by atoms with Crippen molar-refractivity contribution in [1.82, 2.24) is 0 Å². The van der Waals surface area contributed by atoms with Gasteiger partial charge in [-0.05, 0) is 54.7 Å². The smallest absolute Gasteiger partial charge is 0.264 e. The molecule has 0 fully saturated rings. The molecule has 0 aromatic heterocycles. The summed E-state index contributed by atoms with van der Waals surface area (Å²) in [6, 6.07) is 12.9. The summed E-state index contributed by atoms with van der Waals surface area (Å²) in [7, 11) is -3.51. The van der Waals surface area contributed by atoms with Gasteiger partial charge in [0.1, 0.15) is 5.75 Å². The molecule has 22 heavy (non-hydrogen) atoms. The Kier molecular flexibility index (Phi) is 3.11. The minimum absolute atomic E-state index is 0.355. The van der Waals surface area contributed by atoms with Gasteiger partial charge in [-0.15, -0.1) is 0 Å². The average Bonchev–Trinajstić information content (AvgIpc) is 2.99. The summed E-state index contributed by atoms with van der Waals surface area (Å²) in [5.74, 6) is 0.812. The maximum Gasteiger partial charge on any atom is 0.264 e. The largest absolute Gasteiger partial charge is 0.493 e. The molecule has 0 N–H and O–H groups in total. The second-order valence-corrected chi connectivity index (χ2v) is 7.54. The fourth-order valence-electron chi connectivity index (χ4n) is 3.18. The minimum atomic E-state index is -3.51. The molecule has 2 heterocycles. The lowest BCUT2D eigenvalue weighted by Gasteiger charge is -2.22. The molecule has 4 rings (SSSR count). The summed E-state index contributed by atoms with van der Waals surface area (Å²) in [5, 5.41) is 0. The van der Waals surface area contributed by atoms with Gasteiger partial charge in [-0.1, -0.05) is 18.2 Å². The zero-order valence-electron chi connectivity index (χ0n) is 12.2. The highest BCUT2D eigenvalue weighted by Crippen LogP contribution is 2.34. The SMILES string of the molecule is O=S(=O)(c1ccc2c(c1)CCCO2)N1CCc2ccccc21. The summed E-state index contributed by atoms with van der Waals surface area (Å²) in [5.41, 5.74) is 2.88. The van der Waals surface area contributed by atoms with Gasteiger partial charge in [-0.3, -0.25) is 4.31 Å². The van der Waals surface area contributed by atoms with E-state index >= 15 is 0 Å².